The van der Waals surface area contributed by atoms with Crippen LogP contribution < -0.4 is 5.32 Å². The molecule has 1 saturated heterocycles. The fourth-order valence-electron chi connectivity index (χ4n) is 2.11. The average molecular weight is 286 g/mol. The molecule has 1 atom stereocenters. The van der Waals surface area contributed by atoms with Crippen LogP contribution in [0, 0.1) is 0 Å². The first kappa shape index (κ1) is 14.4. The van der Waals surface area contributed by atoms with Gasteiger partial charge in [-0.2, -0.15) is 13.2 Å². The highest BCUT2D eigenvalue weighted by Crippen LogP contribution is 2.31. The van der Waals surface area contributed by atoms with E-state index in [0.717, 1.165) is 17.0 Å². The van der Waals surface area contributed by atoms with Crippen LogP contribution in [-0.2, 0) is 15.8 Å². The van der Waals surface area contributed by atoms with Crippen LogP contribution in [0.5, 0.6) is 0 Å². The lowest BCUT2D eigenvalue weighted by atomic mass is 10.1. The molecule has 7 heteroatoms. The molecular formula is C13H13F3N2O2. The maximum Gasteiger partial charge on any atom is 0.416 e. The minimum Gasteiger partial charge on any atom is -0.373 e. The maximum atomic E-state index is 12.6. The smallest absolute Gasteiger partial charge is 0.373 e. The first-order chi connectivity index (χ1) is 9.32. The number of alkyl halides is 3. The summed E-state index contributed by atoms with van der Waals surface area (Å²) in [6.07, 6.45) is -4.48. The predicted molar refractivity (Wildman–Crippen MR) is 65.9 cm³/mol. The molecule has 1 aliphatic rings. The van der Waals surface area contributed by atoms with Gasteiger partial charge in [-0.3, -0.25) is 14.5 Å². The molecule has 0 aromatic heterocycles. The zero-order valence-electron chi connectivity index (χ0n) is 10.7. The summed E-state index contributed by atoms with van der Waals surface area (Å²) in [5.74, 6) is -0.725. The third-order valence-electron chi connectivity index (χ3n) is 3.09. The van der Waals surface area contributed by atoms with E-state index in [9.17, 15) is 22.8 Å². The molecule has 0 radical (unpaired) electrons. The quantitative estimate of drug-likeness (QED) is 0.867. The molecule has 1 aromatic carbocycles. The Labute approximate surface area is 113 Å². The van der Waals surface area contributed by atoms with Crippen LogP contribution in [-0.4, -0.2) is 29.3 Å². The lowest BCUT2D eigenvalue weighted by Gasteiger charge is -2.15. The number of imide groups is 1. The van der Waals surface area contributed by atoms with Crippen molar-refractivity contribution in [2.24, 2.45) is 0 Å². The van der Waals surface area contributed by atoms with Gasteiger partial charge in [0.25, 0.3) is 5.91 Å². The molecular weight excluding hydrogens is 273 g/mol. The molecule has 1 aliphatic heterocycles. The maximum absolute atomic E-state index is 12.6. The van der Waals surface area contributed by atoms with Crippen LogP contribution in [0.3, 0.4) is 0 Å². The Morgan fingerprint density at radius 2 is 2.05 bits per heavy atom. The van der Waals surface area contributed by atoms with Gasteiger partial charge in [-0.05, 0) is 25.1 Å². The lowest BCUT2D eigenvalue weighted by molar-refractivity contribution is -0.138. The highest BCUT2D eigenvalue weighted by Gasteiger charge is 2.37. The molecule has 0 bridgehead atoms. The van der Waals surface area contributed by atoms with Gasteiger partial charge in [-0.25, -0.2) is 0 Å². The molecule has 2 amide bonds. The van der Waals surface area contributed by atoms with E-state index in [2.05, 4.69) is 5.32 Å². The van der Waals surface area contributed by atoms with Crippen LogP contribution >= 0.6 is 0 Å². The second kappa shape index (κ2) is 5.15. The highest BCUT2D eigenvalue weighted by molar-refractivity contribution is 6.06. The van der Waals surface area contributed by atoms with Gasteiger partial charge in [-0.1, -0.05) is 6.07 Å². The van der Waals surface area contributed by atoms with Gasteiger partial charge in [0, 0.05) is 12.2 Å². The SMILES string of the molecule is CCN1C(=O)CC(Nc2cccc(C(F)(F)F)c2)C1=O. The molecule has 1 unspecified atom stereocenters. The van der Waals surface area contributed by atoms with E-state index >= 15 is 0 Å². The number of anilines is 1. The largest absolute Gasteiger partial charge is 0.416 e. The Hall–Kier alpha value is -2.05. The molecule has 108 valence electrons. The van der Waals surface area contributed by atoms with Gasteiger partial charge in [-0.15, -0.1) is 0 Å². The topological polar surface area (TPSA) is 49.4 Å². The van der Waals surface area contributed by atoms with E-state index in [-0.39, 0.29) is 24.6 Å². The number of carbonyl (C=O) groups is 2. The third kappa shape index (κ3) is 2.76. The van der Waals surface area contributed by atoms with Crippen LogP contribution in [0.1, 0.15) is 18.9 Å². The molecule has 0 aliphatic carbocycles. The fourth-order valence-corrected chi connectivity index (χ4v) is 2.11. The van der Waals surface area contributed by atoms with Crippen LogP contribution in [0.4, 0.5) is 18.9 Å². The Balaban J connectivity index is 2.16. The lowest BCUT2D eigenvalue weighted by Crippen LogP contribution is -2.34. The minimum atomic E-state index is -4.44. The summed E-state index contributed by atoms with van der Waals surface area (Å²) in [6.45, 7) is 1.93. The highest BCUT2D eigenvalue weighted by atomic mass is 19.4. The number of halogens is 3. The number of rotatable bonds is 3. The summed E-state index contributed by atoms with van der Waals surface area (Å²) < 4.78 is 37.7. The van der Waals surface area contributed by atoms with Gasteiger partial charge < -0.3 is 5.32 Å². The second-order valence-electron chi connectivity index (χ2n) is 4.46. The molecule has 0 spiro atoms. The Morgan fingerprint density at radius 1 is 1.35 bits per heavy atom. The number of likely N-dealkylation sites (N-methyl/N-ethyl adjacent to an activating group) is 1. The van der Waals surface area contributed by atoms with Crippen molar-refractivity contribution in [3.63, 3.8) is 0 Å². The number of nitrogens with one attached hydrogen (secondary N) is 1. The van der Waals surface area contributed by atoms with E-state index in [0.29, 0.717) is 0 Å². The van der Waals surface area contributed by atoms with E-state index in [4.69, 9.17) is 0 Å². The Morgan fingerprint density at radius 3 is 2.60 bits per heavy atom. The summed E-state index contributed by atoms with van der Waals surface area (Å²) in [7, 11) is 0. The van der Waals surface area contributed by atoms with Gasteiger partial charge in [0.2, 0.25) is 5.91 Å². The van der Waals surface area contributed by atoms with Crippen molar-refractivity contribution < 1.29 is 22.8 Å². The zero-order chi connectivity index (χ0) is 14.9. The first-order valence-electron chi connectivity index (χ1n) is 6.11. The summed E-state index contributed by atoms with van der Waals surface area (Å²) in [6, 6.07) is 3.76. The summed E-state index contributed by atoms with van der Waals surface area (Å²) in [4.78, 5) is 24.5. The predicted octanol–water partition coefficient (Wildman–Crippen LogP) is 2.26. The number of amides is 2. The second-order valence-corrected chi connectivity index (χ2v) is 4.46. The number of hydrogen-bond donors (Lipinski definition) is 1. The number of hydrogen-bond acceptors (Lipinski definition) is 3. The molecule has 1 aromatic rings. The average Bonchev–Trinajstić information content (AvgIpc) is 2.63. The Bertz CT molecular complexity index is 543. The molecule has 1 N–H and O–H groups in total. The minimum absolute atomic E-state index is 0.0388. The number of benzene rings is 1. The fraction of sp³-hybridized carbons (Fsp3) is 0.385. The first-order valence-corrected chi connectivity index (χ1v) is 6.11. The van der Waals surface area contributed by atoms with Crippen LogP contribution in [0.2, 0.25) is 0 Å². The van der Waals surface area contributed by atoms with Gasteiger partial charge in [0.1, 0.15) is 6.04 Å². The normalized spacial score (nSPS) is 19.6. The van der Waals surface area contributed by atoms with Crippen molar-refractivity contribution in [3.8, 4) is 0 Å². The van der Waals surface area contributed by atoms with E-state index in [1.165, 1.54) is 12.1 Å². The molecule has 1 heterocycles. The van der Waals surface area contributed by atoms with Gasteiger partial charge in [0.15, 0.2) is 0 Å². The summed E-state index contributed by atoms with van der Waals surface area (Å²) in [5.41, 5.74) is -0.629. The monoisotopic (exact) mass is 286 g/mol. The van der Waals surface area contributed by atoms with E-state index in [1.54, 1.807) is 6.92 Å². The van der Waals surface area contributed by atoms with E-state index in [1.807, 2.05) is 0 Å². The van der Waals surface area contributed by atoms with Gasteiger partial charge in [0.05, 0.1) is 12.0 Å². The van der Waals surface area contributed by atoms with Crippen molar-refractivity contribution >= 4 is 17.5 Å². The van der Waals surface area contributed by atoms with Crippen molar-refractivity contribution in [1.29, 1.82) is 0 Å². The molecule has 0 saturated carbocycles. The summed E-state index contributed by atoms with van der Waals surface area (Å²) >= 11 is 0. The summed E-state index contributed by atoms with van der Waals surface area (Å²) in [5, 5.41) is 2.69. The Kier molecular flexibility index (Phi) is 3.69. The zero-order valence-corrected chi connectivity index (χ0v) is 10.7. The number of nitrogens with zero attached hydrogens (tertiary/aromatic N) is 1. The number of carbonyl (C=O) groups excluding carboxylic acids is 2. The van der Waals surface area contributed by atoms with Gasteiger partial charge >= 0.3 is 6.18 Å². The number of likely N-dealkylation sites (tertiary alicyclic amines) is 1. The molecule has 1 fully saturated rings. The van der Waals surface area contributed by atoms with Crippen LogP contribution in [0.25, 0.3) is 0 Å². The van der Waals surface area contributed by atoms with Crippen molar-refractivity contribution in [2.45, 2.75) is 25.6 Å². The third-order valence-corrected chi connectivity index (χ3v) is 3.09. The van der Waals surface area contributed by atoms with E-state index < -0.39 is 23.7 Å². The molecule has 2 rings (SSSR count). The molecule has 20 heavy (non-hydrogen) atoms. The van der Waals surface area contributed by atoms with Crippen LogP contribution in [0.15, 0.2) is 24.3 Å². The standard InChI is InChI=1S/C13H13F3N2O2/c1-2-18-11(19)7-10(12(18)20)17-9-5-3-4-8(6-9)13(14,15)16/h3-6,10,17H,2,7H2,1H3. The van der Waals surface area contributed by atoms with Crippen molar-refractivity contribution in [1.82, 2.24) is 4.90 Å². The van der Waals surface area contributed by atoms with Crippen molar-refractivity contribution in [3.05, 3.63) is 29.8 Å². The molecule has 4 nitrogen and oxygen atoms in total. The van der Waals surface area contributed by atoms with Crippen molar-refractivity contribution in [2.75, 3.05) is 11.9 Å².